The molecule has 1 aromatic heterocycles. The van der Waals surface area contributed by atoms with Gasteiger partial charge in [0.15, 0.2) is 0 Å². The van der Waals surface area contributed by atoms with Crippen molar-refractivity contribution in [1.82, 2.24) is 25.2 Å². The summed E-state index contributed by atoms with van der Waals surface area (Å²) in [6.07, 6.45) is 8.05. The van der Waals surface area contributed by atoms with Gasteiger partial charge in [-0.1, -0.05) is 26.0 Å². The molecule has 2 aliphatic carbocycles. The minimum absolute atomic E-state index is 0.159. The molecular formula is C25H39N5O4. The number of amides is 2. The first kappa shape index (κ1) is 23.7. The number of rotatable bonds is 7. The number of carbonyl (C=O) groups excluding carboxylic acids is 2. The number of likely N-dealkylation sites (tertiary alicyclic amines) is 1. The van der Waals surface area contributed by atoms with Gasteiger partial charge in [-0.05, 0) is 55.3 Å². The Bertz CT molecular complexity index is 911. The summed E-state index contributed by atoms with van der Waals surface area (Å²) in [4.78, 5) is 28.7. The van der Waals surface area contributed by atoms with Crippen molar-refractivity contribution in [3.63, 3.8) is 0 Å². The molecule has 0 aromatic carbocycles. The molecule has 4 aliphatic rings. The molecule has 2 N–H and O–H groups in total. The number of β-amino-alcohol motifs (C(OH)–C–C–N with tert-alkyl or cyclic N) is 1. The van der Waals surface area contributed by atoms with Crippen molar-refractivity contribution in [1.29, 1.82) is 0 Å². The lowest BCUT2D eigenvalue weighted by atomic mass is 9.83. The Balaban J connectivity index is 1.29. The number of nitrogens with one attached hydrogen (secondary N) is 1. The third-order valence-corrected chi connectivity index (χ3v) is 8.30. The van der Waals surface area contributed by atoms with Gasteiger partial charge in [0, 0.05) is 44.8 Å². The lowest BCUT2D eigenvalue weighted by Gasteiger charge is -2.35. The zero-order valence-corrected chi connectivity index (χ0v) is 20.7. The number of hydrogen-bond acceptors (Lipinski definition) is 6. The van der Waals surface area contributed by atoms with Gasteiger partial charge in [-0.25, -0.2) is 4.68 Å². The summed E-state index contributed by atoms with van der Waals surface area (Å²) in [5.74, 6) is 0.698. The molecule has 1 aromatic rings. The Kier molecular flexibility index (Phi) is 6.21. The number of hydrogen-bond donors (Lipinski definition) is 2. The van der Waals surface area contributed by atoms with Crippen LogP contribution in [0.25, 0.3) is 0 Å². The van der Waals surface area contributed by atoms with Crippen molar-refractivity contribution >= 4 is 11.8 Å². The van der Waals surface area contributed by atoms with Crippen LogP contribution < -0.4 is 5.32 Å². The Morgan fingerprint density at radius 2 is 1.94 bits per heavy atom. The van der Waals surface area contributed by atoms with E-state index in [2.05, 4.69) is 15.6 Å². The summed E-state index contributed by atoms with van der Waals surface area (Å²) in [5, 5.41) is 22.2. The van der Waals surface area contributed by atoms with Crippen LogP contribution in [0.3, 0.4) is 0 Å². The standard InChI is InChI=1S/C25H39N5O4/c1-24(2,3)21(30-14-19(27-28-30)16-4-5-16)23(33)29-13-18(31)12-20(29)22(32)26-15-25(8-9-25)17-6-10-34-11-7-17/h14,16-18,20-21,31H,4-13,15H2,1-3H3,(H,26,32)/t18-,20+,21-/m1/s1. The van der Waals surface area contributed by atoms with Gasteiger partial charge in [0.25, 0.3) is 0 Å². The van der Waals surface area contributed by atoms with Crippen LogP contribution in [0.2, 0.25) is 0 Å². The van der Waals surface area contributed by atoms with Crippen LogP contribution >= 0.6 is 0 Å². The molecule has 188 valence electrons. The van der Waals surface area contributed by atoms with E-state index >= 15 is 0 Å². The van der Waals surface area contributed by atoms with Crippen molar-refractivity contribution in [3.8, 4) is 0 Å². The Morgan fingerprint density at radius 3 is 2.56 bits per heavy atom. The van der Waals surface area contributed by atoms with E-state index < -0.39 is 23.6 Å². The van der Waals surface area contributed by atoms with Crippen LogP contribution in [0, 0.1) is 16.7 Å². The van der Waals surface area contributed by atoms with E-state index in [4.69, 9.17) is 4.74 Å². The number of aliphatic hydroxyl groups excluding tert-OH is 1. The van der Waals surface area contributed by atoms with Gasteiger partial charge >= 0.3 is 0 Å². The Labute approximate surface area is 201 Å². The molecule has 9 heteroatoms. The van der Waals surface area contributed by atoms with E-state index in [-0.39, 0.29) is 30.2 Å². The van der Waals surface area contributed by atoms with E-state index in [1.807, 2.05) is 27.0 Å². The molecule has 2 saturated heterocycles. The van der Waals surface area contributed by atoms with E-state index in [1.54, 1.807) is 9.58 Å². The molecule has 2 amide bonds. The van der Waals surface area contributed by atoms with Crippen molar-refractivity contribution in [3.05, 3.63) is 11.9 Å². The highest BCUT2D eigenvalue weighted by molar-refractivity contribution is 5.90. The minimum atomic E-state index is -0.705. The van der Waals surface area contributed by atoms with Gasteiger partial charge < -0.3 is 20.1 Å². The summed E-state index contributed by atoms with van der Waals surface area (Å²) in [7, 11) is 0. The molecule has 2 saturated carbocycles. The van der Waals surface area contributed by atoms with Gasteiger partial charge in [-0.3, -0.25) is 9.59 Å². The van der Waals surface area contributed by atoms with Crippen molar-refractivity contribution in [2.75, 3.05) is 26.3 Å². The van der Waals surface area contributed by atoms with Crippen molar-refractivity contribution < 1.29 is 19.4 Å². The molecule has 34 heavy (non-hydrogen) atoms. The van der Waals surface area contributed by atoms with Crippen LogP contribution in [-0.2, 0) is 14.3 Å². The normalized spacial score (nSPS) is 28.1. The van der Waals surface area contributed by atoms with E-state index in [0.717, 1.165) is 57.4 Å². The Hall–Kier alpha value is -2.00. The largest absolute Gasteiger partial charge is 0.391 e. The molecule has 4 fully saturated rings. The summed E-state index contributed by atoms with van der Waals surface area (Å²) in [6.45, 7) is 8.41. The second-order valence-corrected chi connectivity index (χ2v) is 12.0. The van der Waals surface area contributed by atoms with Crippen LogP contribution in [0.4, 0.5) is 0 Å². The predicted molar refractivity (Wildman–Crippen MR) is 125 cm³/mol. The molecule has 9 nitrogen and oxygen atoms in total. The zero-order chi connectivity index (χ0) is 24.1. The van der Waals surface area contributed by atoms with Gasteiger partial charge in [0.05, 0.1) is 11.8 Å². The summed E-state index contributed by atoms with van der Waals surface area (Å²) in [5.41, 5.74) is 0.682. The maximum Gasteiger partial charge on any atom is 0.248 e. The summed E-state index contributed by atoms with van der Waals surface area (Å²) >= 11 is 0. The second-order valence-electron chi connectivity index (χ2n) is 12.0. The van der Waals surface area contributed by atoms with Gasteiger partial charge in [-0.15, -0.1) is 5.10 Å². The van der Waals surface area contributed by atoms with Crippen LogP contribution in [0.5, 0.6) is 0 Å². The fraction of sp³-hybridized carbons (Fsp3) is 0.840. The molecule has 0 bridgehead atoms. The molecule has 0 spiro atoms. The van der Waals surface area contributed by atoms with Gasteiger partial charge in [-0.2, -0.15) is 0 Å². The first-order valence-electron chi connectivity index (χ1n) is 12.9. The fourth-order valence-corrected chi connectivity index (χ4v) is 5.91. The topological polar surface area (TPSA) is 110 Å². The fourth-order valence-electron chi connectivity index (χ4n) is 5.91. The van der Waals surface area contributed by atoms with Gasteiger partial charge in [0.1, 0.15) is 12.1 Å². The van der Waals surface area contributed by atoms with Crippen molar-refractivity contribution in [2.45, 2.75) is 89.8 Å². The summed E-state index contributed by atoms with van der Waals surface area (Å²) in [6, 6.07) is -1.26. The quantitative estimate of drug-likeness (QED) is 0.627. The Morgan fingerprint density at radius 1 is 1.24 bits per heavy atom. The average molecular weight is 474 g/mol. The van der Waals surface area contributed by atoms with Crippen LogP contribution in [0.15, 0.2) is 6.20 Å². The minimum Gasteiger partial charge on any atom is -0.391 e. The number of carbonyl (C=O) groups is 2. The predicted octanol–water partition coefficient (Wildman–Crippen LogP) is 2.03. The molecule has 0 radical (unpaired) electrons. The molecule has 3 atom stereocenters. The molecular weight excluding hydrogens is 434 g/mol. The maximum atomic E-state index is 13.8. The molecule has 0 unspecified atom stereocenters. The molecule has 3 heterocycles. The SMILES string of the molecule is CC(C)(C)[C@@H](C(=O)N1C[C@H](O)C[C@H]1C(=O)NCC1(C2CCOCC2)CC1)n1cc(C2CC2)nn1. The van der Waals surface area contributed by atoms with E-state index in [9.17, 15) is 14.7 Å². The lowest BCUT2D eigenvalue weighted by Crippen LogP contribution is -2.51. The van der Waals surface area contributed by atoms with Crippen LogP contribution in [-0.4, -0.2) is 75.3 Å². The maximum absolute atomic E-state index is 13.8. The van der Waals surface area contributed by atoms with Crippen molar-refractivity contribution in [2.24, 2.45) is 16.7 Å². The third-order valence-electron chi connectivity index (χ3n) is 8.30. The monoisotopic (exact) mass is 473 g/mol. The highest BCUT2D eigenvalue weighted by atomic mass is 16.5. The first-order chi connectivity index (χ1) is 16.2. The van der Waals surface area contributed by atoms with Gasteiger partial charge in [0.2, 0.25) is 11.8 Å². The van der Waals surface area contributed by atoms with E-state index in [0.29, 0.717) is 18.4 Å². The smallest absolute Gasteiger partial charge is 0.248 e. The highest BCUT2D eigenvalue weighted by Gasteiger charge is 2.50. The lowest BCUT2D eigenvalue weighted by molar-refractivity contribution is -0.144. The first-order valence-corrected chi connectivity index (χ1v) is 12.9. The molecule has 2 aliphatic heterocycles. The second kappa shape index (κ2) is 8.90. The number of nitrogens with zero attached hydrogens (tertiary/aromatic N) is 4. The summed E-state index contributed by atoms with van der Waals surface area (Å²) < 4.78 is 7.18. The zero-order valence-electron chi connectivity index (χ0n) is 20.7. The molecule has 5 rings (SSSR count). The number of aliphatic hydroxyl groups is 1. The third kappa shape index (κ3) is 4.73. The van der Waals surface area contributed by atoms with E-state index in [1.165, 1.54) is 0 Å². The highest BCUT2D eigenvalue weighted by Crippen LogP contribution is 2.54. The van der Waals surface area contributed by atoms with Crippen LogP contribution in [0.1, 0.15) is 83.4 Å². The number of ether oxygens (including phenoxy) is 1. The average Bonchev–Trinajstić information content (AvgIpc) is 3.71. The number of aromatic nitrogens is 3.